The Balaban J connectivity index is 2.15. The number of nitrogens with zero attached hydrogens (tertiary/aromatic N) is 1. The van der Waals surface area contributed by atoms with E-state index in [1.54, 1.807) is 0 Å². The molecule has 3 heteroatoms. The van der Waals surface area contributed by atoms with Crippen LogP contribution in [0.1, 0.15) is 38.8 Å². The molecule has 2 unspecified atom stereocenters. The molecule has 2 atom stereocenters. The maximum atomic E-state index is 6.43. The monoisotopic (exact) mass is 308 g/mol. The summed E-state index contributed by atoms with van der Waals surface area (Å²) in [4.78, 5) is 2.61. The fourth-order valence-electron chi connectivity index (χ4n) is 3.14. The van der Waals surface area contributed by atoms with E-state index in [1.807, 2.05) is 0 Å². The molecule has 0 saturated carbocycles. The Morgan fingerprint density at radius 1 is 1.24 bits per heavy atom. The fourth-order valence-corrected chi connectivity index (χ4v) is 3.43. The van der Waals surface area contributed by atoms with Crippen molar-refractivity contribution >= 4 is 11.6 Å². The van der Waals surface area contributed by atoms with Crippen LogP contribution < -0.4 is 5.32 Å². The summed E-state index contributed by atoms with van der Waals surface area (Å²) in [5.41, 5.74) is 2.47. The highest BCUT2D eigenvalue weighted by atomic mass is 35.5. The van der Waals surface area contributed by atoms with Crippen LogP contribution in [-0.2, 0) is 6.54 Å². The minimum absolute atomic E-state index is 0.573. The standard InChI is InChI=1S/C18H29ClN2/c1-12(2)17-11-21(18(9-20-17)13(3)4)10-15-7-6-14(5)8-16(15)19/h6-8,12-13,17-18,20H,9-11H2,1-5H3. The zero-order valence-corrected chi connectivity index (χ0v) is 14.7. The van der Waals surface area contributed by atoms with Crippen LogP contribution in [0.25, 0.3) is 0 Å². The summed E-state index contributed by atoms with van der Waals surface area (Å²) in [6.45, 7) is 14.4. The van der Waals surface area contributed by atoms with Gasteiger partial charge in [-0.2, -0.15) is 0 Å². The first-order chi connectivity index (χ1) is 9.88. The summed E-state index contributed by atoms with van der Waals surface area (Å²) < 4.78 is 0. The number of hydrogen-bond donors (Lipinski definition) is 1. The van der Waals surface area contributed by atoms with E-state index in [9.17, 15) is 0 Å². The molecule has 0 aromatic heterocycles. The predicted octanol–water partition coefficient (Wildman–Crippen LogP) is 4.10. The van der Waals surface area contributed by atoms with Crippen molar-refractivity contribution in [1.29, 1.82) is 0 Å². The molecule has 0 aliphatic carbocycles. The second-order valence-corrected chi connectivity index (χ2v) is 7.50. The van der Waals surface area contributed by atoms with E-state index in [1.165, 1.54) is 11.1 Å². The highest BCUT2D eigenvalue weighted by molar-refractivity contribution is 6.31. The van der Waals surface area contributed by atoms with Gasteiger partial charge in [-0.1, -0.05) is 51.4 Å². The van der Waals surface area contributed by atoms with Crippen LogP contribution in [0.4, 0.5) is 0 Å². The molecule has 2 nitrogen and oxygen atoms in total. The molecular formula is C18H29ClN2. The van der Waals surface area contributed by atoms with Crippen molar-refractivity contribution in [3.63, 3.8) is 0 Å². The summed E-state index contributed by atoms with van der Waals surface area (Å²) >= 11 is 6.43. The van der Waals surface area contributed by atoms with Gasteiger partial charge >= 0.3 is 0 Å². The molecular weight excluding hydrogens is 280 g/mol. The van der Waals surface area contributed by atoms with Gasteiger partial charge in [0.2, 0.25) is 0 Å². The zero-order chi connectivity index (χ0) is 15.6. The average molecular weight is 309 g/mol. The van der Waals surface area contributed by atoms with Crippen molar-refractivity contribution in [3.8, 4) is 0 Å². The zero-order valence-electron chi connectivity index (χ0n) is 14.0. The molecule has 0 spiro atoms. The molecule has 0 radical (unpaired) electrons. The highest BCUT2D eigenvalue weighted by Crippen LogP contribution is 2.24. The molecule has 21 heavy (non-hydrogen) atoms. The number of halogens is 1. The first-order valence-corrected chi connectivity index (χ1v) is 8.48. The molecule has 2 rings (SSSR count). The SMILES string of the molecule is Cc1ccc(CN2CC(C(C)C)NCC2C(C)C)c(Cl)c1. The van der Waals surface area contributed by atoms with Gasteiger partial charge in [-0.25, -0.2) is 0 Å². The van der Waals surface area contributed by atoms with E-state index in [4.69, 9.17) is 11.6 Å². The minimum Gasteiger partial charge on any atom is -0.311 e. The van der Waals surface area contributed by atoms with Crippen LogP contribution in [0.15, 0.2) is 18.2 Å². The van der Waals surface area contributed by atoms with E-state index in [-0.39, 0.29) is 0 Å². The third kappa shape index (κ3) is 4.21. The molecule has 1 aliphatic heterocycles. The van der Waals surface area contributed by atoms with Crippen molar-refractivity contribution in [2.75, 3.05) is 13.1 Å². The van der Waals surface area contributed by atoms with Crippen LogP contribution in [0, 0.1) is 18.8 Å². The van der Waals surface area contributed by atoms with Crippen molar-refractivity contribution in [1.82, 2.24) is 10.2 Å². The Morgan fingerprint density at radius 3 is 2.52 bits per heavy atom. The summed E-state index contributed by atoms with van der Waals surface area (Å²) in [6.07, 6.45) is 0. The van der Waals surface area contributed by atoms with Gasteiger partial charge in [0, 0.05) is 36.7 Å². The molecule has 1 aromatic rings. The van der Waals surface area contributed by atoms with Crippen LogP contribution >= 0.6 is 11.6 Å². The first kappa shape index (κ1) is 16.8. The number of aryl methyl sites for hydroxylation is 1. The van der Waals surface area contributed by atoms with E-state index in [2.05, 4.69) is 63.0 Å². The third-order valence-electron chi connectivity index (χ3n) is 4.65. The van der Waals surface area contributed by atoms with Gasteiger partial charge < -0.3 is 5.32 Å². The maximum Gasteiger partial charge on any atom is 0.0453 e. The Kier molecular flexibility index (Phi) is 5.70. The molecule has 0 bridgehead atoms. The molecule has 118 valence electrons. The summed E-state index contributed by atoms with van der Waals surface area (Å²) in [7, 11) is 0. The highest BCUT2D eigenvalue weighted by Gasteiger charge is 2.31. The lowest BCUT2D eigenvalue weighted by Gasteiger charge is -2.44. The molecule has 1 N–H and O–H groups in total. The van der Waals surface area contributed by atoms with Gasteiger partial charge in [0.15, 0.2) is 0 Å². The largest absolute Gasteiger partial charge is 0.311 e. The Bertz CT molecular complexity index is 470. The molecule has 0 amide bonds. The van der Waals surface area contributed by atoms with E-state index >= 15 is 0 Å². The molecule has 1 heterocycles. The van der Waals surface area contributed by atoms with E-state index in [0.717, 1.165) is 24.7 Å². The Labute approximate surface area is 134 Å². The Morgan fingerprint density at radius 2 is 1.95 bits per heavy atom. The quantitative estimate of drug-likeness (QED) is 0.901. The molecule has 1 fully saturated rings. The van der Waals surface area contributed by atoms with Crippen molar-refractivity contribution in [3.05, 3.63) is 34.3 Å². The predicted molar refractivity (Wildman–Crippen MR) is 91.9 cm³/mol. The number of piperazine rings is 1. The maximum absolute atomic E-state index is 6.43. The van der Waals surface area contributed by atoms with Crippen LogP contribution in [0.3, 0.4) is 0 Å². The number of benzene rings is 1. The third-order valence-corrected chi connectivity index (χ3v) is 5.00. The minimum atomic E-state index is 0.573. The van der Waals surface area contributed by atoms with Crippen molar-refractivity contribution < 1.29 is 0 Å². The normalized spacial score (nSPS) is 24.0. The van der Waals surface area contributed by atoms with Crippen molar-refractivity contribution in [2.24, 2.45) is 11.8 Å². The Hall–Kier alpha value is -0.570. The summed E-state index contributed by atoms with van der Waals surface area (Å²) in [6, 6.07) is 7.57. The van der Waals surface area contributed by atoms with Gasteiger partial charge in [0.25, 0.3) is 0 Å². The summed E-state index contributed by atoms with van der Waals surface area (Å²) in [5, 5.41) is 4.61. The van der Waals surface area contributed by atoms with Gasteiger partial charge in [-0.15, -0.1) is 0 Å². The molecule has 1 aliphatic rings. The van der Waals surface area contributed by atoms with Crippen LogP contribution in [0.2, 0.25) is 5.02 Å². The lowest BCUT2D eigenvalue weighted by atomic mass is 9.93. The summed E-state index contributed by atoms with van der Waals surface area (Å²) in [5.74, 6) is 1.31. The lowest BCUT2D eigenvalue weighted by Crippen LogP contribution is -2.59. The van der Waals surface area contributed by atoms with Gasteiger partial charge in [-0.3, -0.25) is 4.90 Å². The van der Waals surface area contributed by atoms with E-state index in [0.29, 0.717) is 23.9 Å². The smallest absolute Gasteiger partial charge is 0.0453 e. The fraction of sp³-hybridized carbons (Fsp3) is 0.667. The van der Waals surface area contributed by atoms with Gasteiger partial charge in [0.1, 0.15) is 0 Å². The average Bonchev–Trinajstić information content (AvgIpc) is 2.41. The topological polar surface area (TPSA) is 15.3 Å². The van der Waals surface area contributed by atoms with Crippen molar-refractivity contribution in [2.45, 2.75) is 53.2 Å². The molecule has 1 aromatic carbocycles. The van der Waals surface area contributed by atoms with Gasteiger partial charge in [0.05, 0.1) is 0 Å². The van der Waals surface area contributed by atoms with Gasteiger partial charge in [-0.05, 0) is 36.0 Å². The molecule has 1 saturated heterocycles. The van der Waals surface area contributed by atoms with Crippen LogP contribution in [0.5, 0.6) is 0 Å². The first-order valence-electron chi connectivity index (χ1n) is 8.11. The second kappa shape index (κ2) is 7.13. The lowest BCUT2D eigenvalue weighted by molar-refractivity contribution is 0.0784. The van der Waals surface area contributed by atoms with Crippen LogP contribution in [-0.4, -0.2) is 30.1 Å². The second-order valence-electron chi connectivity index (χ2n) is 7.09. The number of rotatable bonds is 4. The number of hydrogen-bond acceptors (Lipinski definition) is 2. The van der Waals surface area contributed by atoms with E-state index < -0.39 is 0 Å². The number of nitrogens with one attached hydrogen (secondary N) is 1.